The van der Waals surface area contributed by atoms with Crippen LogP contribution in [-0.2, 0) is 21.6 Å². The van der Waals surface area contributed by atoms with Crippen LogP contribution in [0, 0.1) is 6.92 Å². The minimum Gasteiger partial charge on any atom is -0.381 e. The van der Waals surface area contributed by atoms with E-state index in [1.165, 1.54) is 0 Å². The summed E-state index contributed by atoms with van der Waals surface area (Å²) in [6, 6.07) is 7.47. The molecule has 0 aliphatic carbocycles. The third kappa shape index (κ3) is 6.12. The molecule has 6 nitrogen and oxygen atoms in total. The van der Waals surface area contributed by atoms with Gasteiger partial charge in [0.05, 0.1) is 6.42 Å². The van der Waals surface area contributed by atoms with Crippen LogP contribution >= 0.6 is 12.2 Å². The van der Waals surface area contributed by atoms with Gasteiger partial charge in [0, 0.05) is 13.1 Å². The molecule has 0 heterocycles. The van der Waals surface area contributed by atoms with Gasteiger partial charge in [-0.25, -0.2) is 4.21 Å². The first-order valence-electron chi connectivity index (χ1n) is 8.76. The van der Waals surface area contributed by atoms with Crippen molar-refractivity contribution in [1.29, 1.82) is 0 Å². The number of amides is 1. The highest BCUT2D eigenvalue weighted by Crippen LogP contribution is 2.28. The third-order valence-corrected chi connectivity index (χ3v) is 5.42. The summed E-state index contributed by atoms with van der Waals surface area (Å²) in [5.41, 5.74) is 0.427. The molecule has 4 N–H and O–H groups in total. The van der Waals surface area contributed by atoms with Crippen molar-refractivity contribution in [3.63, 3.8) is 0 Å². The van der Waals surface area contributed by atoms with Crippen molar-refractivity contribution in [2.24, 2.45) is 0 Å². The summed E-state index contributed by atoms with van der Waals surface area (Å²) in [5.74, 6) is -0.221. The van der Waals surface area contributed by atoms with Gasteiger partial charge in [-0.05, 0) is 25.3 Å². The zero-order valence-corrected chi connectivity index (χ0v) is 17.4. The molecular weight excluding hydrogens is 370 g/mol. The molecule has 0 aliphatic rings. The highest BCUT2D eigenvalue weighted by Gasteiger charge is 2.40. The number of benzene rings is 1. The Morgan fingerprint density at radius 3 is 2.38 bits per heavy atom. The summed E-state index contributed by atoms with van der Waals surface area (Å²) in [6.07, 6.45) is 2.60. The van der Waals surface area contributed by atoms with Gasteiger partial charge in [0.25, 0.3) is 0 Å². The molecule has 1 amide bonds. The molecule has 3 unspecified atom stereocenters. The Hall–Kier alpha value is -1.35. The van der Waals surface area contributed by atoms with E-state index in [0.717, 1.165) is 24.8 Å². The van der Waals surface area contributed by atoms with E-state index in [-0.39, 0.29) is 23.4 Å². The van der Waals surface area contributed by atoms with Crippen molar-refractivity contribution in [3.05, 3.63) is 35.4 Å². The van der Waals surface area contributed by atoms with Gasteiger partial charge in [0.2, 0.25) is 17.2 Å². The number of nitrogens with one attached hydrogen (secondary N) is 3. The van der Waals surface area contributed by atoms with Crippen LogP contribution in [0.4, 0.5) is 0 Å². The van der Waals surface area contributed by atoms with Crippen LogP contribution in [0.25, 0.3) is 0 Å². The highest BCUT2D eigenvalue weighted by atomic mass is 32.2. The van der Waals surface area contributed by atoms with Gasteiger partial charge in [-0.3, -0.25) is 9.35 Å². The number of rotatable bonds is 10. The molecule has 0 saturated heterocycles. The van der Waals surface area contributed by atoms with Crippen molar-refractivity contribution < 1.29 is 13.6 Å². The van der Waals surface area contributed by atoms with Gasteiger partial charge >= 0.3 is 0 Å². The molecular formula is C18H29N3O3S2. The summed E-state index contributed by atoms with van der Waals surface area (Å²) in [6.45, 7) is 6.04. The Morgan fingerprint density at radius 2 is 1.92 bits per heavy atom. The Labute approximate surface area is 163 Å². The maximum atomic E-state index is 12.7. The maximum Gasteiger partial charge on any atom is 0.232 e. The van der Waals surface area contributed by atoms with Gasteiger partial charge in [-0.15, -0.1) is 0 Å². The molecule has 0 bridgehead atoms. The normalized spacial score (nSPS) is 15.6. The molecule has 3 atom stereocenters. The van der Waals surface area contributed by atoms with Crippen LogP contribution in [0.15, 0.2) is 24.3 Å². The van der Waals surface area contributed by atoms with Gasteiger partial charge in [0.15, 0.2) is 0 Å². The summed E-state index contributed by atoms with van der Waals surface area (Å²) >= 11 is 3.08. The summed E-state index contributed by atoms with van der Waals surface area (Å²) in [7, 11) is 1.64. The molecule has 0 spiro atoms. The topological polar surface area (TPSA) is 90.5 Å². The van der Waals surface area contributed by atoms with Crippen LogP contribution in [-0.4, -0.2) is 32.7 Å². The number of carbonyl (C=O) groups is 1. The summed E-state index contributed by atoms with van der Waals surface area (Å²) in [4.78, 5) is 13.0. The maximum absolute atomic E-state index is 12.7. The lowest BCUT2D eigenvalue weighted by Gasteiger charge is -2.34. The van der Waals surface area contributed by atoms with E-state index in [0.29, 0.717) is 5.56 Å². The van der Waals surface area contributed by atoms with Crippen LogP contribution in [0.5, 0.6) is 0 Å². The lowest BCUT2D eigenvalue weighted by atomic mass is 9.86. The zero-order valence-electron chi connectivity index (χ0n) is 15.8. The minimum absolute atomic E-state index is 0.0750. The third-order valence-electron chi connectivity index (χ3n) is 4.34. The molecule has 146 valence electrons. The second kappa shape index (κ2) is 10.7. The number of thiocarbonyl (C=S) groups is 1. The summed E-state index contributed by atoms with van der Waals surface area (Å²) < 4.78 is 23.7. The molecule has 1 aromatic carbocycles. The Bertz CT molecular complexity index is 637. The lowest BCUT2D eigenvalue weighted by molar-refractivity contribution is -0.122. The molecule has 8 heteroatoms. The van der Waals surface area contributed by atoms with Crippen LogP contribution in [0.2, 0.25) is 0 Å². The Kier molecular flexibility index (Phi) is 9.35. The van der Waals surface area contributed by atoms with Gasteiger partial charge in [0.1, 0.15) is 10.5 Å². The van der Waals surface area contributed by atoms with Crippen LogP contribution in [0.1, 0.15) is 50.7 Å². The predicted octanol–water partition coefficient (Wildman–Crippen LogP) is 2.55. The van der Waals surface area contributed by atoms with E-state index in [2.05, 4.69) is 22.3 Å². The largest absolute Gasteiger partial charge is 0.381 e. The highest BCUT2D eigenvalue weighted by molar-refractivity contribution is 7.80. The van der Waals surface area contributed by atoms with Gasteiger partial charge in [-0.2, -0.15) is 4.72 Å². The predicted molar refractivity (Wildman–Crippen MR) is 110 cm³/mol. The molecule has 0 fully saturated rings. The fourth-order valence-electron chi connectivity index (χ4n) is 2.90. The summed E-state index contributed by atoms with van der Waals surface area (Å²) in [5, 5.41) is 5.87. The Morgan fingerprint density at radius 1 is 1.31 bits per heavy atom. The van der Waals surface area contributed by atoms with E-state index in [1.54, 1.807) is 7.05 Å². The first kappa shape index (κ1) is 22.7. The minimum atomic E-state index is -2.35. The van der Waals surface area contributed by atoms with E-state index in [1.807, 2.05) is 38.1 Å². The molecule has 0 aliphatic heterocycles. The van der Waals surface area contributed by atoms with E-state index in [4.69, 9.17) is 12.2 Å². The number of aryl methyl sites for hydroxylation is 1. The van der Waals surface area contributed by atoms with Gasteiger partial charge < -0.3 is 10.6 Å². The molecule has 0 aromatic heterocycles. The van der Waals surface area contributed by atoms with Crippen molar-refractivity contribution in [3.8, 4) is 0 Å². The monoisotopic (exact) mass is 399 g/mol. The number of carbonyl (C=O) groups excluding carboxylic acids is 1. The smallest absolute Gasteiger partial charge is 0.232 e. The van der Waals surface area contributed by atoms with E-state index < -0.39 is 16.8 Å². The SMILES string of the molecule is CCCC(CC)NC(=O)CC(NS(=O)O)(C(=S)NC)c1ccc(C)cc1. The fourth-order valence-corrected chi connectivity index (χ4v) is 3.80. The second-order valence-electron chi connectivity index (χ2n) is 6.34. The lowest BCUT2D eigenvalue weighted by Crippen LogP contribution is -2.56. The molecule has 1 aromatic rings. The second-order valence-corrected chi connectivity index (χ2v) is 7.45. The average Bonchev–Trinajstić information content (AvgIpc) is 2.60. The standard InChI is InChI=1S/C18H29N3O3S2/c1-5-7-15(6-2)20-16(22)12-18(17(25)19-4,21-26(23)24)14-10-8-13(3)9-11-14/h8-11,15,21H,5-7,12H2,1-4H3,(H,19,25)(H,20,22)(H,23,24). The first-order chi connectivity index (χ1) is 12.3. The number of hydrogen-bond donors (Lipinski definition) is 4. The number of likely N-dealkylation sites (N-methyl/N-ethyl adjacent to an activating group) is 1. The molecule has 26 heavy (non-hydrogen) atoms. The molecule has 1 rings (SSSR count). The van der Waals surface area contributed by atoms with Gasteiger partial charge in [-0.1, -0.05) is 62.3 Å². The van der Waals surface area contributed by atoms with Crippen molar-refractivity contribution in [1.82, 2.24) is 15.4 Å². The fraction of sp³-hybridized carbons (Fsp3) is 0.556. The van der Waals surface area contributed by atoms with Crippen molar-refractivity contribution in [2.75, 3.05) is 7.05 Å². The van der Waals surface area contributed by atoms with Crippen molar-refractivity contribution in [2.45, 2.75) is 58.0 Å². The molecule has 0 saturated carbocycles. The van der Waals surface area contributed by atoms with E-state index >= 15 is 0 Å². The average molecular weight is 400 g/mol. The Balaban J connectivity index is 3.24. The number of hydrogen-bond acceptors (Lipinski definition) is 3. The van der Waals surface area contributed by atoms with Crippen LogP contribution in [0.3, 0.4) is 0 Å². The quantitative estimate of drug-likeness (QED) is 0.359. The molecule has 0 radical (unpaired) electrons. The van der Waals surface area contributed by atoms with Crippen LogP contribution < -0.4 is 15.4 Å². The van der Waals surface area contributed by atoms with E-state index in [9.17, 15) is 13.6 Å². The zero-order chi connectivity index (χ0) is 19.7. The van der Waals surface area contributed by atoms with Crippen molar-refractivity contribution >= 4 is 34.4 Å². The first-order valence-corrected chi connectivity index (χ1v) is 10.3.